The number of hydrogen-bond acceptors (Lipinski definition) is 4. The first-order valence-corrected chi connectivity index (χ1v) is 6.47. The number of esters is 1. The summed E-state index contributed by atoms with van der Waals surface area (Å²) < 4.78 is 10.6. The van der Waals surface area contributed by atoms with E-state index in [1.165, 1.54) is 0 Å². The Bertz CT molecular complexity index is 672. The maximum absolute atomic E-state index is 11.8. The monoisotopic (exact) mass is 289 g/mol. The first kappa shape index (κ1) is 12.8. The second kappa shape index (κ2) is 5.06. The normalized spacial score (nSPS) is 16.5. The molecule has 0 fully saturated rings. The minimum Gasteiger partial charge on any atom is -0.495 e. The van der Waals surface area contributed by atoms with Crippen molar-refractivity contribution in [1.82, 2.24) is 0 Å². The molecule has 1 N–H and O–H groups in total. The van der Waals surface area contributed by atoms with Gasteiger partial charge in [-0.25, -0.2) is 4.79 Å². The van der Waals surface area contributed by atoms with Gasteiger partial charge in [-0.15, -0.1) is 0 Å². The summed E-state index contributed by atoms with van der Waals surface area (Å²) >= 11 is 5.98. The lowest BCUT2D eigenvalue weighted by Gasteiger charge is -2.17. The molecule has 2 aromatic carbocycles. The van der Waals surface area contributed by atoms with E-state index in [2.05, 4.69) is 5.32 Å². The van der Waals surface area contributed by atoms with Crippen LogP contribution in [0, 0.1) is 0 Å². The summed E-state index contributed by atoms with van der Waals surface area (Å²) in [5.74, 6) is 0.300. The molecule has 1 aliphatic heterocycles. The lowest BCUT2D eigenvalue weighted by molar-refractivity contribution is 0.0436. The van der Waals surface area contributed by atoms with Gasteiger partial charge >= 0.3 is 5.97 Å². The maximum Gasteiger partial charge on any atom is 0.340 e. The van der Waals surface area contributed by atoms with Gasteiger partial charge in [-0.05, 0) is 24.3 Å². The SMILES string of the molecule is COc1ccc(Cl)cc1N[C@@H]1OC(=O)c2ccccc21. The van der Waals surface area contributed by atoms with Crippen molar-refractivity contribution in [2.75, 3.05) is 12.4 Å². The molecule has 1 atom stereocenters. The molecule has 0 unspecified atom stereocenters. The van der Waals surface area contributed by atoms with Gasteiger partial charge < -0.3 is 14.8 Å². The Balaban J connectivity index is 1.94. The van der Waals surface area contributed by atoms with Crippen LogP contribution >= 0.6 is 11.6 Å². The first-order valence-electron chi connectivity index (χ1n) is 6.09. The van der Waals surface area contributed by atoms with Crippen molar-refractivity contribution in [3.63, 3.8) is 0 Å². The molecule has 0 aromatic heterocycles. The summed E-state index contributed by atoms with van der Waals surface area (Å²) in [5, 5.41) is 3.71. The van der Waals surface area contributed by atoms with E-state index in [1.807, 2.05) is 18.2 Å². The van der Waals surface area contributed by atoms with E-state index >= 15 is 0 Å². The molecule has 0 saturated carbocycles. The number of nitrogens with one attached hydrogen (secondary N) is 1. The number of anilines is 1. The number of rotatable bonds is 3. The molecule has 2 aromatic rings. The van der Waals surface area contributed by atoms with E-state index in [1.54, 1.807) is 31.4 Å². The van der Waals surface area contributed by atoms with Crippen molar-refractivity contribution in [1.29, 1.82) is 0 Å². The van der Waals surface area contributed by atoms with Crippen LogP contribution in [-0.4, -0.2) is 13.1 Å². The zero-order valence-electron chi connectivity index (χ0n) is 10.7. The lowest BCUT2D eigenvalue weighted by atomic mass is 10.1. The summed E-state index contributed by atoms with van der Waals surface area (Å²) in [4.78, 5) is 11.8. The molecular formula is C15H12ClNO3. The zero-order chi connectivity index (χ0) is 14.1. The number of hydrogen-bond donors (Lipinski definition) is 1. The number of cyclic esters (lactones) is 1. The van der Waals surface area contributed by atoms with Crippen LogP contribution in [0.25, 0.3) is 0 Å². The van der Waals surface area contributed by atoms with Crippen LogP contribution < -0.4 is 10.1 Å². The highest BCUT2D eigenvalue weighted by Crippen LogP contribution is 2.35. The fourth-order valence-corrected chi connectivity index (χ4v) is 2.36. The van der Waals surface area contributed by atoms with Crippen LogP contribution in [0.2, 0.25) is 5.02 Å². The van der Waals surface area contributed by atoms with Crippen molar-refractivity contribution in [2.24, 2.45) is 0 Å². The van der Waals surface area contributed by atoms with Crippen LogP contribution in [0.15, 0.2) is 42.5 Å². The summed E-state index contributed by atoms with van der Waals surface area (Å²) in [6.45, 7) is 0. The highest BCUT2D eigenvalue weighted by atomic mass is 35.5. The predicted octanol–water partition coefficient (Wildman–Crippen LogP) is 3.63. The van der Waals surface area contributed by atoms with Crippen molar-refractivity contribution in [3.8, 4) is 5.75 Å². The Kier molecular flexibility index (Phi) is 3.24. The van der Waals surface area contributed by atoms with Gasteiger partial charge in [0.05, 0.1) is 18.4 Å². The van der Waals surface area contributed by atoms with Gasteiger partial charge in [0.25, 0.3) is 0 Å². The minimum absolute atomic E-state index is 0.334. The van der Waals surface area contributed by atoms with E-state index < -0.39 is 6.23 Å². The smallest absolute Gasteiger partial charge is 0.340 e. The Morgan fingerprint density at radius 2 is 2.05 bits per heavy atom. The van der Waals surface area contributed by atoms with E-state index in [4.69, 9.17) is 21.1 Å². The number of fused-ring (bicyclic) bond motifs is 1. The maximum atomic E-state index is 11.8. The molecule has 102 valence electrons. The van der Waals surface area contributed by atoms with Gasteiger partial charge in [0, 0.05) is 10.6 Å². The third-order valence-electron chi connectivity index (χ3n) is 3.14. The van der Waals surface area contributed by atoms with Crippen molar-refractivity contribution in [2.45, 2.75) is 6.23 Å². The molecule has 0 bridgehead atoms. The lowest BCUT2D eigenvalue weighted by Crippen LogP contribution is -2.11. The standard InChI is InChI=1S/C15H12ClNO3/c1-19-13-7-6-9(16)8-12(13)17-14-10-4-2-3-5-11(10)15(18)20-14/h2-8,14,17H,1H3/t14-/m1/s1. The number of ether oxygens (including phenoxy) is 2. The van der Waals surface area contributed by atoms with E-state index in [9.17, 15) is 4.79 Å². The molecule has 0 aliphatic carbocycles. The van der Waals surface area contributed by atoms with Crippen molar-refractivity contribution >= 4 is 23.3 Å². The van der Waals surface area contributed by atoms with Crippen LogP contribution in [0.3, 0.4) is 0 Å². The van der Waals surface area contributed by atoms with Crippen LogP contribution in [0.1, 0.15) is 22.1 Å². The quantitative estimate of drug-likeness (QED) is 0.877. The third-order valence-corrected chi connectivity index (χ3v) is 3.37. The molecule has 3 rings (SSSR count). The van der Waals surface area contributed by atoms with Gasteiger partial charge in [-0.2, -0.15) is 0 Å². The second-order valence-electron chi connectivity index (χ2n) is 4.36. The predicted molar refractivity (Wildman–Crippen MR) is 76.2 cm³/mol. The molecule has 0 amide bonds. The average Bonchev–Trinajstić information content (AvgIpc) is 2.76. The summed E-state index contributed by atoms with van der Waals surface area (Å²) in [6, 6.07) is 12.5. The van der Waals surface area contributed by atoms with Crippen LogP contribution in [0.4, 0.5) is 5.69 Å². The van der Waals surface area contributed by atoms with Gasteiger partial charge in [-0.3, -0.25) is 0 Å². The van der Waals surface area contributed by atoms with Crippen molar-refractivity contribution in [3.05, 3.63) is 58.6 Å². The highest BCUT2D eigenvalue weighted by molar-refractivity contribution is 6.30. The largest absolute Gasteiger partial charge is 0.495 e. The Morgan fingerprint density at radius 3 is 2.85 bits per heavy atom. The second-order valence-corrected chi connectivity index (χ2v) is 4.80. The minimum atomic E-state index is -0.536. The fourth-order valence-electron chi connectivity index (χ4n) is 2.19. The Hall–Kier alpha value is -2.20. The number of carbonyl (C=O) groups excluding carboxylic acids is 1. The molecule has 0 spiro atoms. The number of benzene rings is 2. The first-order chi connectivity index (χ1) is 9.69. The van der Waals surface area contributed by atoms with Gasteiger partial charge in [0.15, 0.2) is 0 Å². The molecule has 0 radical (unpaired) electrons. The van der Waals surface area contributed by atoms with E-state index in [0.29, 0.717) is 22.0 Å². The zero-order valence-corrected chi connectivity index (χ0v) is 11.5. The third kappa shape index (κ3) is 2.18. The molecule has 5 heteroatoms. The molecular weight excluding hydrogens is 278 g/mol. The fraction of sp³-hybridized carbons (Fsp3) is 0.133. The summed E-state index contributed by atoms with van der Waals surface area (Å²) in [7, 11) is 1.57. The topological polar surface area (TPSA) is 47.6 Å². The highest BCUT2D eigenvalue weighted by Gasteiger charge is 2.30. The average molecular weight is 290 g/mol. The van der Waals surface area contributed by atoms with Crippen LogP contribution in [0.5, 0.6) is 5.75 Å². The molecule has 4 nitrogen and oxygen atoms in total. The number of carbonyl (C=O) groups is 1. The van der Waals surface area contributed by atoms with Gasteiger partial charge in [0.1, 0.15) is 5.75 Å². The van der Waals surface area contributed by atoms with Gasteiger partial charge in [0.2, 0.25) is 6.23 Å². The number of halogens is 1. The van der Waals surface area contributed by atoms with E-state index in [-0.39, 0.29) is 5.97 Å². The van der Waals surface area contributed by atoms with E-state index in [0.717, 1.165) is 5.56 Å². The molecule has 1 heterocycles. The van der Waals surface area contributed by atoms with Crippen molar-refractivity contribution < 1.29 is 14.3 Å². The molecule has 20 heavy (non-hydrogen) atoms. The Labute approximate surface area is 121 Å². The summed E-state index contributed by atoms with van der Waals surface area (Å²) in [5.41, 5.74) is 2.06. The van der Waals surface area contributed by atoms with Gasteiger partial charge in [-0.1, -0.05) is 29.8 Å². The number of methoxy groups -OCH3 is 1. The molecule has 0 saturated heterocycles. The Morgan fingerprint density at radius 1 is 1.25 bits per heavy atom. The van der Waals surface area contributed by atoms with Crippen LogP contribution in [-0.2, 0) is 4.74 Å². The summed E-state index contributed by atoms with van der Waals surface area (Å²) in [6.07, 6.45) is -0.536. The molecule has 1 aliphatic rings.